The van der Waals surface area contributed by atoms with Crippen molar-refractivity contribution < 1.29 is 41.9 Å². The molecule has 0 amide bonds. The quantitative estimate of drug-likeness (QED) is 0.183. The number of nitrogens with zero attached hydrogens (tertiary/aromatic N) is 1. The molecule has 15 heteroatoms. The molecule has 0 aliphatic carbocycles. The summed E-state index contributed by atoms with van der Waals surface area (Å²) in [6, 6.07) is 7.80. The van der Waals surface area contributed by atoms with E-state index in [1.807, 2.05) is 0 Å². The van der Waals surface area contributed by atoms with Gasteiger partial charge in [0.15, 0.2) is 17.2 Å². The molecule has 212 valence electrons. The van der Waals surface area contributed by atoms with Crippen molar-refractivity contribution in [3.05, 3.63) is 63.2 Å². The zero-order valence-electron chi connectivity index (χ0n) is 21.3. The highest BCUT2D eigenvalue weighted by atomic mass is 35.5. The van der Waals surface area contributed by atoms with Gasteiger partial charge < -0.3 is 19.1 Å². The number of aromatic nitrogens is 2. The number of aliphatic hydroxyl groups excluding tert-OH is 1. The Morgan fingerprint density at radius 3 is 2.59 bits per heavy atom. The molecule has 2 heterocycles. The molecule has 39 heavy (non-hydrogen) atoms. The third kappa shape index (κ3) is 7.16. The minimum Gasteiger partial charge on any atom is -0.461 e. The van der Waals surface area contributed by atoms with Crippen LogP contribution in [0.3, 0.4) is 0 Å². The first-order chi connectivity index (χ1) is 18.3. The number of halogens is 2. The molecule has 1 saturated heterocycles. The van der Waals surface area contributed by atoms with Crippen molar-refractivity contribution in [3.63, 3.8) is 0 Å². The van der Waals surface area contributed by atoms with Gasteiger partial charge in [-0.3, -0.25) is 23.4 Å². The number of carbonyl (C=O) groups excluding carboxylic acids is 1. The Balaban J connectivity index is 1.89. The molecule has 1 aliphatic heterocycles. The van der Waals surface area contributed by atoms with Gasteiger partial charge in [-0.1, -0.05) is 35.7 Å². The van der Waals surface area contributed by atoms with Crippen molar-refractivity contribution in [1.29, 1.82) is 0 Å². The molecule has 6 atom stereocenters. The molecule has 0 saturated carbocycles. The van der Waals surface area contributed by atoms with E-state index in [1.165, 1.54) is 26.0 Å². The molecule has 0 radical (unpaired) electrons. The molecule has 1 fully saturated rings. The Kier molecular flexibility index (Phi) is 9.77. The van der Waals surface area contributed by atoms with Crippen molar-refractivity contribution in [1.82, 2.24) is 9.55 Å². The first kappa shape index (κ1) is 30.6. The lowest BCUT2D eigenvalue weighted by atomic mass is 9.99. The third-order valence-corrected chi connectivity index (χ3v) is 7.25. The number of para-hydroxylation sites is 1. The Morgan fingerprint density at radius 1 is 1.31 bits per heavy atom. The van der Waals surface area contributed by atoms with E-state index in [9.17, 15) is 28.4 Å². The van der Waals surface area contributed by atoms with Crippen LogP contribution in [0.2, 0.25) is 0 Å². The van der Waals surface area contributed by atoms with Crippen LogP contribution in [0.4, 0.5) is 4.39 Å². The van der Waals surface area contributed by atoms with Crippen LogP contribution in [-0.4, -0.2) is 56.5 Å². The van der Waals surface area contributed by atoms with E-state index in [1.54, 1.807) is 37.0 Å². The zero-order valence-corrected chi connectivity index (χ0v) is 23.0. The maximum atomic E-state index is 14.0. The van der Waals surface area contributed by atoms with E-state index >= 15 is 0 Å². The predicted molar refractivity (Wildman–Crippen MR) is 136 cm³/mol. The number of phosphoric ester groups is 1. The highest BCUT2D eigenvalue weighted by molar-refractivity contribution is 7.49. The standard InChI is InChI=1S/C24H27ClFN2O10P/c1-5-11-24(25)19(29)18(36-22(24)28-12-17(26)20(30)27-23(28)32)13-34-39(33,38-16-9-7-6-8-10-16)37-15(4)21(31)35-14(2)3/h6-10,12,14-15,18-19,22,29H,13H2,1-4H3,(H,27,30,32)/t15-,18+,19?,22+,24+,39-/m0/s1. The number of hydrogen-bond donors (Lipinski definition) is 2. The number of hydrogen-bond acceptors (Lipinski definition) is 10. The van der Waals surface area contributed by atoms with Gasteiger partial charge in [-0.25, -0.2) is 14.2 Å². The first-order valence-electron chi connectivity index (χ1n) is 11.6. The van der Waals surface area contributed by atoms with E-state index < -0.39 is 73.0 Å². The number of aromatic amines is 1. The molecule has 1 aliphatic rings. The number of benzene rings is 1. The summed E-state index contributed by atoms with van der Waals surface area (Å²) in [5, 5.41) is 11.0. The summed E-state index contributed by atoms with van der Waals surface area (Å²) in [5.74, 6) is 2.97. The highest BCUT2D eigenvalue weighted by Crippen LogP contribution is 2.52. The average Bonchev–Trinajstić information content (AvgIpc) is 3.10. The van der Waals surface area contributed by atoms with Gasteiger partial charge in [0.25, 0.3) is 5.56 Å². The Labute approximate surface area is 227 Å². The van der Waals surface area contributed by atoms with E-state index in [0.717, 1.165) is 0 Å². The maximum Gasteiger partial charge on any atom is 0.530 e. The molecule has 12 nitrogen and oxygen atoms in total. The second-order valence-electron chi connectivity index (χ2n) is 8.64. The fourth-order valence-corrected chi connectivity index (χ4v) is 5.27. The lowest BCUT2D eigenvalue weighted by molar-refractivity contribution is -0.156. The van der Waals surface area contributed by atoms with Crippen molar-refractivity contribution in [2.24, 2.45) is 0 Å². The minimum absolute atomic E-state index is 0.0785. The van der Waals surface area contributed by atoms with E-state index in [0.29, 0.717) is 10.8 Å². The zero-order chi connectivity index (χ0) is 29.0. The predicted octanol–water partition coefficient (Wildman–Crippen LogP) is 2.50. The van der Waals surface area contributed by atoms with Gasteiger partial charge in [0.2, 0.25) is 5.82 Å². The first-order valence-corrected chi connectivity index (χ1v) is 13.5. The van der Waals surface area contributed by atoms with E-state index in [4.69, 9.17) is 34.6 Å². The lowest BCUT2D eigenvalue weighted by Crippen LogP contribution is -2.44. The summed E-state index contributed by atoms with van der Waals surface area (Å²) in [5.41, 5.74) is -2.35. The third-order valence-electron chi connectivity index (χ3n) is 5.27. The van der Waals surface area contributed by atoms with Crippen molar-refractivity contribution >= 4 is 25.4 Å². The summed E-state index contributed by atoms with van der Waals surface area (Å²) < 4.78 is 55.2. The number of ether oxygens (including phenoxy) is 2. The summed E-state index contributed by atoms with van der Waals surface area (Å²) >= 11 is 6.56. The van der Waals surface area contributed by atoms with Gasteiger partial charge in [-0.15, -0.1) is 5.92 Å². The molecule has 2 aromatic rings. The average molecular weight is 589 g/mol. The molecule has 1 aromatic carbocycles. The largest absolute Gasteiger partial charge is 0.530 e. The fourth-order valence-electron chi connectivity index (χ4n) is 3.53. The summed E-state index contributed by atoms with van der Waals surface area (Å²) in [6.45, 7) is 5.22. The van der Waals surface area contributed by atoms with Crippen molar-refractivity contribution in [2.45, 2.75) is 63.2 Å². The minimum atomic E-state index is -4.59. The number of nitrogens with one attached hydrogen (secondary N) is 1. The fraction of sp³-hybridized carbons (Fsp3) is 0.458. The molecule has 2 N–H and O–H groups in total. The number of H-pyrrole nitrogens is 1. The summed E-state index contributed by atoms with van der Waals surface area (Å²) in [6.07, 6.45) is -6.01. The maximum absolute atomic E-state index is 14.0. The topological polar surface area (TPSA) is 155 Å². The highest BCUT2D eigenvalue weighted by Gasteiger charge is 2.56. The lowest BCUT2D eigenvalue weighted by Gasteiger charge is -2.25. The summed E-state index contributed by atoms with van der Waals surface area (Å²) in [4.78, 5) is 35.9. The van der Waals surface area contributed by atoms with Crippen LogP contribution in [0.25, 0.3) is 0 Å². The van der Waals surface area contributed by atoms with Crippen LogP contribution in [0.1, 0.15) is 33.9 Å². The number of aliphatic hydroxyl groups is 1. The van der Waals surface area contributed by atoms with Crippen LogP contribution in [-0.2, 0) is 27.9 Å². The van der Waals surface area contributed by atoms with E-state index in [2.05, 4.69) is 11.8 Å². The van der Waals surface area contributed by atoms with Gasteiger partial charge in [-0.2, -0.15) is 4.39 Å². The van der Waals surface area contributed by atoms with Gasteiger partial charge in [0.1, 0.15) is 18.0 Å². The van der Waals surface area contributed by atoms with Crippen LogP contribution in [0.5, 0.6) is 5.75 Å². The smallest absolute Gasteiger partial charge is 0.461 e. The number of alkyl halides is 1. The van der Waals surface area contributed by atoms with Crippen LogP contribution < -0.4 is 15.8 Å². The van der Waals surface area contributed by atoms with Crippen LogP contribution >= 0.6 is 19.4 Å². The molecule has 1 aromatic heterocycles. The molecule has 3 rings (SSSR count). The Bertz CT molecular complexity index is 1410. The second kappa shape index (κ2) is 12.5. The number of phosphoric acid groups is 1. The monoisotopic (exact) mass is 588 g/mol. The van der Waals surface area contributed by atoms with Crippen molar-refractivity contribution in [3.8, 4) is 17.6 Å². The number of rotatable bonds is 10. The van der Waals surface area contributed by atoms with Gasteiger partial charge >= 0.3 is 19.5 Å². The Hall–Kier alpha value is -2.98. The Morgan fingerprint density at radius 2 is 1.97 bits per heavy atom. The molecular weight excluding hydrogens is 562 g/mol. The van der Waals surface area contributed by atoms with Crippen LogP contribution in [0.15, 0.2) is 46.1 Å². The molecule has 1 unspecified atom stereocenters. The number of esters is 1. The SMILES string of the molecule is CC#C[C@@]1(Cl)C(O)[C@@H](CO[P@](=O)(Oc2ccccc2)O[C@@H](C)C(=O)OC(C)C)O[C@H]1n1cc(F)c(=O)[nH]c1=O. The normalized spacial score (nSPS) is 24.9. The van der Waals surface area contributed by atoms with Gasteiger partial charge in [0, 0.05) is 0 Å². The number of carbonyl (C=O) groups is 1. The molecule has 0 bridgehead atoms. The van der Waals surface area contributed by atoms with Crippen molar-refractivity contribution in [2.75, 3.05) is 6.61 Å². The molecular formula is C24H27ClFN2O10P. The second-order valence-corrected chi connectivity index (χ2v) is 10.8. The molecule has 0 spiro atoms. The van der Waals surface area contributed by atoms with Gasteiger partial charge in [-0.05, 0) is 39.8 Å². The van der Waals surface area contributed by atoms with Gasteiger partial charge in [0.05, 0.1) is 18.9 Å². The summed E-state index contributed by atoms with van der Waals surface area (Å²) in [7, 11) is -4.59. The van der Waals surface area contributed by atoms with Crippen LogP contribution in [0, 0.1) is 17.7 Å². The van der Waals surface area contributed by atoms with E-state index in [-0.39, 0.29) is 5.75 Å².